The summed E-state index contributed by atoms with van der Waals surface area (Å²) in [5.74, 6) is -1.52. The lowest BCUT2D eigenvalue weighted by Gasteiger charge is -2.20. The van der Waals surface area contributed by atoms with Gasteiger partial charge in [0.15, 0.2) is 0 Å². The first kappa shape index (κ1) is 19.1. The van der Waals surface area contributed by atoms with Crippen LogP contribution in [-0.4, -0.2) is 33.9 Å². The summed E-state index contributed by atoms with van der Waals surface area (Å²) in [7, 11) is 0. The molecule has 0 aliphatic rings. The maximum Gasteiger partial charge on any atom is 0.268 e. The molecule has 3 aromatic rings. The maximum absolute atomic E-state index is 13.7. The quantitative estimate of drug-likeness (QED) is 0.648. The smallest absolute Gasteiger partial charge is 0.268 e. The number of nitrogens with zero attached hydrogens (tertiary/aromatic N) is 2. The van der Waals surface area contributed by atoms with E-state index in [2.05, 4.69) is 15.3 Å². The van der Waals surface area contributed by atoms with Gasteiger partial charge in [-0.3, -0.25) is 14.5 Å². The number of thiophene rings is 1. The number of carbonyl (C=O) groups excluding carboxylic acids is 1. The summed E-state index contributed by atoms with van der Waals surface area (Å²) in [5.41, 5.74) is 0.330. The van der Waals surface area contributed by atoms with E-state index in [4.69, 9.17) is 0 Å². The van der Waals surface area contributed by atoms with Crippen LogP contribution in [0.4, 0.5) is 14.5 Å². The van der Waals surface area contributed by atoms with Gasteiger partial charge in [-0.2, -0.15) is 0 Å². The first-order valence-corrected chi connectivity index (χ1v) is 9.28. The van der Waals surface area contributed by atoms with Crippen molar-refractivity contribution in [1.29, 1.82) is 0 Å². The molecule has 1 amide bonds. The Kier molecular flexibility index (Phi) is 5.92. The van der Waals surface area contributed by atoms with Crippen LogP contribution in [-0.2, 0) is 11.3 Å². The molecule has 0 aliphatic heterocycles. The van der Waals surface area contributed by atoms with Crippen molar-refractivity contribution in [3.05, 3.63) is 57.5 Å². The zero-order valence-corrected chi connectivity index (χ0v) is 15.4. The largest absolute Gasteiger partial charge is 0.322 e. The third-order valence-electron chi connectivity index (χ3n) is 3.85. The predicted octanol–water partition coefficient (Wildman–Crippen LogP) is 3.11. The van der Waals surface area contributed by atoms with E-state index in [1.54, 1.807) is 16.3 Å². The van der Waals surface area contributed by atoms with E-state index < -0.39 is 17.5 Å². The van der Waals surface area contributed by atoms with Gasteiger partial charge in [-0.05, 0) is 36.5 Å². The number of nitrogens with one attached hydrogen (secondary N) is 2. The molecule has 9 heteroatoms. The monoisotopic (exact) mass is 392 g/mol. The van der Waals surface area contributed by atoms with Crippen LogP contribution < -0.4 is 10.9 Å². The van der Waals surface area contributed by atoms with Crippen LogP contribution in [0.1, 0.15) is 19.2 Å². The number of rotatable bonds is 7. The van der Waals surface area contributed by atoms with Crippen molar-refractivity contribution in [2.24, 2.45) is 0 Å². The second-order valence-corrected chi connectivity index (χ2v) is 6.95. The molecule has 0 fully saturated rings. The van der Waals surface area contributed by atoms with Crippen LogP contribution in [0.5, 0.6) is 0 Å². The number of fused-ring (bicyclic) bond motifs is 1. The maximum atomic E-state index is 13.7. The van der Waals surface area contributed by atoms with Crippen molar-refractivity contribution in [2.75, 3.05) is 18.4 Å². The van der Waals surface area contributed by atoms with Gasteiger partial charge in [0.05, 0.1) is 24.3 Å². The van der Waals surface area contributed by atoms with Gasteiger partial charge < -0.3 is 10.3 Å². The molecule has 27 heavy (non-hydrogen) atoms. The molecular formula is C18H18F2N4O2S. The van der Waals surface area contributed by atoms with Crippen LogP contribution >= 0.6 is 11.3 Å². The molecule has 0 spiro atoms. The molecule has 0 atom stereocenters. The lowest BCUT2D eigenvalue weighted by atomic mass is 10.3. The fraction of sp³-hybridized carbons (Fsp3) is 0.278. The molecule has 0 unspecified atom stereocenters. The van der Waals surface area contributed by atoms with Crippen molar-refractivity contribution in [3.8, 4) is 0 Å². The highest BCUT2D eigenvalue weighted by molar-refractivity contribution is 7.17. The van der Waals surface area contributed by atoms with E-state index in [9.17, 15) is 18.4 Å². The van der Waals surface area contributed by atoms with Crippen LogP contribution in [0.2, 0.25) is 0 Å². The Morgan fingerprint density at radius 1 is 1.33 bits per heavy atom. The summed E-state index contributed by atoms with van der Waals surface area (Å²) in [6.07, 6.45) is 0.781. The number of H-pyrrole nitrogens is 1. The highest BCUT2D eigenvalue weighted by Crippen LogP contribution is 2.16. The molecule has 0 radical (unpaired) electrons. The van der Waals surface area contributed by atoms with Crippen molar-refractivity contribution < 1.29 is 13.6 Å². The van der Waals surface area contributed by atoms with Gasteiger partial charge in [-0.25, -0.2) is 13.8 Å². The minimum absolute atomic E-state index is 0.0178. The van der Waals surface area contributed by atoms with E-state index in [1.807, 2.05) is 6.92 Å². The standard InChI is InChI=1S/C18H18F2N4O2S/c1-2-6-24(9-15-21-14-5-7-27-17(14)18(26)23-15)10-16(25)22-13-4-3-11(19)8-12(13)20/h3-5,7-8H,2,6,9-10H2,1H3,(H,22,25)(H,21,23,26). The van der Waals surface area contributed by atoms with Gasteiger partial charge >= 0.3 is 0 Å². The number of aromatic nitrogens is 2. The number of hydrogen-bond donors (Lipinski definition) is 2. The second kappa shape index (κ2) is 8.36. The lowest BCUT2D eigenvalue weighted by Crippen LogP contribution is -2.34. The zero-order chi connectivity index (χ0) is 19.4. The van der Waals surface area contributed by atoms with Crippen LogP contribution in [0.3, 0.4) is 0 Å². The van der Waals surface area contributed by atoms with Crippen LogP contribution in [0.25, 0.3) is 10.2 Å². The van der Waals surface area contributed by atoms with E-state index in [-0.39, 0.29) is 24.3 Å². The number of halogens is 2. The molecule has 142 valence electrons. The van der Waals surface area contributed by atoms with Crippen molar-refractivity contribution in [2.45, 2.75) is 19.9 Å². The summed E-state index contributed by atoms with van der Waals surface area (Å²) in [6, 6.07) is 4.74. The molecule has 0 aliphatic carbocycles. The molecule has 2 heterocycles. The number of hydrogen-bond acceptors (Lipinski definition) is 5. The Bertz CT molecular complexity index is 1020. The van der Waals surface area contributed by atoms with Gasteiger partial charge in [0.1, 0.15) is 22.2 Å². The van der Waals surface area contributed by atoms with E-state index in [0.29, 0.717) is 28.7 Å². The van der Waals surface area contributed by atoms with Crippen LogP contribution in [0, 0.1) is 11.6 Å². The predicted molar refractivity (Wildman–Crippen MR) is 101 cm³/mol. The fourth-order valence-corrected chi connectivity index (χ4v) is 3.45. The molecule has 0 saturated carbocycles. The highest BCUT2D eigenvalue weighted by atomic mass is 32.1. The van der Waals surface area contributed by atoms with E-state index in [0.717, 1.165) is 12.5 Å². The Morgan fingerprint density at radius 3 is 2.89 bits per heavy atom. The first-order valence-electron chi connectivity index (χ1n) is 8.40. The average Bonchev–Trinajstić information content (AvgIpc) is 3.07. The number of aromatic amines is 1. The zero-order valence-electron chi connectivity index (χ0n) is 14.6. The molecule has 2 aromatic heterocycles. The third-order valence-corrected chi connectivity index (χ3v) is 4.75. The molecule has 0 saturated heterocycles. The van der Waals surface area contributed by atoms with Gasteiger partial charge in [0, 0.05) is 6.07 Å². The van der Waals surface area contributed by atoms with Gasteiger partial charge in [-0.15, -0.1) is 11.3 Å². The van der Waals surface area contributed by atoms with Crippen LogP contribution in [0.15, 0.2) is 34.4 Å². The Labute approximate surface area is 157 Å². The normalized spacial score (nSPS) is 11.3. The molecular weight excluding hydrogens is 374 g/mol. The Balaban J connectivity index is 1.70. The minimum atomic E-state index is -0.834. The topological polar surface area (TPSA) is 78.1 Å². The number of carbonyl (C=O) groups is 1. The van der Waals surface area contributed by atoms with E-state index in [1.165, 1.54) is 17.4 Å². The first-order chi connectivity index (χ1) is 13.0. The third kappa shape index (κ3) is 4.75. The number of benzene rings is 1. The summed E-state index contributed by atoms with van der Waals surface area (Å²) in [5, 5.41) is 4.23. The molecule has 6 nitrogen and oxygen atoms in total. The Hall–Kier alpha value is -2.65. The summed E-state index contributed by atoms with van der Waals surface area (Å²) < 4.78 is 27.2. The summed E-state index contributed by atoms with van der Waals surface area (Å²) in [4.78, 5) is 33.3. The Morgan fingerprint density at radius 2 is 2.15 bits per heavy atom. The minimum Gasteiger partial charge on any atom is -0.322 e. The summed E-state index contributed by atoms with van der Waals surface area (Å²) >= 11 is 1.32. The number of amides is 1. The molecule has 2 N–H and O–H groups in total. The van der Waals surface area contributed by atoms with Gasteiger partial charge in [-0.1, -0.05) is 6.92 Å². The fourth-order valence-electron chi connectivity index (χ4n) is 2.72. The van der Waals surface area contributed by atoms with Crippen molar-refractivity contribution in [3.63, 3.8) is 0 Å². The average molecular weight is 392 g/mol. The molecule has 3 rings (SSSR count). The SMILES string of the molecule is CCCN(CC(=O)Nc1ccc(F)cc1F)Cc1nc2ccsc2c(=O)[nH]1. The molecule has 1 aromatic carbocycles. The lowest BCUT2D eigenvalue weighted by molar-refractivity contribution is -0.117. The van der Waals surface area contributed by atoms with Gasteiger partial charge in [0.25, 0.3) is 5.56 Å². The van der Waals surface area contributed by atoms with E-state index >= 15 is 0 Å². The van der Waals surface area contributed by atoms with Crippen molar-refractivity contribution in [1.82, 2.24) is 14.9 Å². The van der Waals surface area contributed by atoms with Gasteiger partial charge in [0.2, 0.25) is 5.91 Å². The van der Waals surface area contributed by atoms with Crippen molar-refractivity contribution >= 4 is 33.1 Å². The summed E-state index contributed by atoms with van der Waals surface area (Å²) in [6.45, 7) is 2.80. The highest BCUT2D eigenvalue weighted by Gasteiger charge is 2.15. The second-order valence-electron chi connectivity index (χ2n) is 6.03. The molecule has 0 bridgehead atoms. The number of anilines is 1.